The molecule has 4 nitrogen and oxygen atoms in total. The summed E-state index contributed by atoms with van der Waals surface area (Å²) in [5.74, 6) is 0. The Morgan fingerprint density at radius 2 is 1.88 bits per heavy atom. The highest BCUT2D eigenvalue weighted by atomic mass is 16.3. The van der Waals surface area contributed by atoms with Gasteiger partial charge in [-0.2, -0.15) is 0 Å². The van der Waals surface area contributed by atoms with Crippen molar-refractivity contribution in [3.05, 3.63) is 0 Å². The first kappa shape index (κ1) is 12.3. The lowest BCUT2D eigenvalue weighted by Gasteiger charge is -2.39. The van der Waals surface area contributed by atoms with Crippen LogP contribution in [0.15, 0.2) is 0 Å². The van der Waals surface area contributed by atoms with E-state index < -0.39 is 0 Å². The van der Waals surface area contributed by atoms with Gasteiger partial charge in [0.05, 0.1) is 12.7 Å². The van der Waals surface area contributed by atoms with Crippen molar-refractivity contribution in [3.63, 3.8) is 0 Å². The van der Waals surface area contributed by atoms with E-state index in [0.29, 0.717) is 19.1 Å². The van der Waals surface area contributed by atoms with Crippen LogP contribution in [0.4, 0.5) is 0 Å². The molecule has 1 saturated carbocycles. The van der Waals surface area contributed by atoms with Crippen LogP contribution in [0.25, 0.3) is 0 Å². The molecule has 1 aliphatic heterocycles. The standard InChI is InChI=1S/C12H24N2O2/c15-7-6-14(10-4-2-1-3-5-10)11-8-13-9-12(11)16/h10-13,15-16H,1-9H2/t11-,12-/m1/s1. The molecule has 3 N–H and O–H groups in total. The predicted molar refractivity (Wildman–Crippen MR) is 63.3 cm³/mol. The van der Waals surface area contributed by atoms with Crippen molar-refractivity contribution in [2.24, 2.45) is 0 Å². The van der Waals surface area contributed by atoms with Gasteiger partial charge in [-0.05, 0) is 12.8 Å². The summed E-state index contributed by atoms with van der Waals surface area (Å²) in [6, 6.07) is 0.774. The summed E-state index contributed by atoms with van der Waals surface area (Å²) < 4.78 is 0. The molecule has 1 aliphatic carbocycles. The molecular weight excluding hydrogens is 204 g/mol. The highest BCUT2D eigenvalue weighted by molar-refractivity contribution is 4.92. The van der Waals surface area contributed by atoms with Crippen molar-refractivity contribution in [2.45, 2.75) is 50.3 Å². The Kier molecular flexibility index (Phi) is 4.58. The summed E-state index contributed by atoms with van der Waals surface area (Å²) in [5.41, 5.74) is 0. The number of hydrogen-bond donors (Lipinski definition) is 3. The lowest BCUT2D eigenvalue weighted by Crippen LogP contribution is -2.50. The van der Waals surface area contributed by atoms with Gasteiger partial charge in [-0.1, -0.05) is 19.3 Å². The molecule has 0 spiro atoms. The molecule has 16 heavy (non-hydrogen) atoms. The Hall–Kier alpha value is -0.160. The molecule has 0 bridgehead atoms. The SMILES string of the molecule is OCCN(C1CCCCC1)[C@@H]1CNC[C@H]1O. The van der Waals surface area contributed by atoms with Gasteiger partial charge < -0.3 is 15.5 Å². The van der Waals surface area contributed by atoms with Crippen LogP contribution in [0, 0.1) is 0 Å². The normalized spacial score (nSPS) is 32.4. The van der Waals surface area contributed by atoms with E-state index in [1.165, 1.54) is 32.1 Å². The minimum absolute atomic E-state index is 0.194. The molecule has 0 aromatic heterocycles. The zero-order chi connectivity index (χ0) is 11.4. The van der Waals surface area contributed by atoms with Gasteiger partial charge in [0.15, 0.2) is 0 Å². The summed E-state index contributed by atoms with van der Waals surface area (Å²) in [7, 11) is 0. The summed E-state index contributed by atoms with van der Waals surface area (Å²) in [6.45, 7) is 2.45. The molecule has 1 heterocycles. The molecule has 2 aliphatic rings. The number of nitrogens with one attached hydrogen (secondary N) is 1. The molecule has 1 saturated heterocycles. The first-order valence-corrected chi connectivity index (χ1v) is 6.58. The van der Waals surface area contributed by atoms with Gasteiger partial charge in [0.25, 0.3) is 0 Å². The van der Waals surface area contributed by atoms with E-state index in [0.717, 1.165) is 6.54 Å². The second kappa shape index (κ2) is 5.96. The lowest BCUT2D eigenvalue weighted by atomic mass is 9.92. The van der Waals surface area contributed by atoms with Crippen molar-refractivity contribution in [1.29, 1.82) is 0 Å². The average Bonchev–Trinajstić information content (AvgIpc) is 2.73. The van der Waals surface area contributed by atoms with E-state index in [4.69, 9.17) is 0 Å². The largest absolute Gasteiger partial charge is 0.395 e. The van der Waals surface area contributed by atoms with Gasteiger partial charge in [-0.25, -0.2) is 0 Å². The monoisotopic (exact) mass is 228 g/mol. The number of aliphatic hydroxyl groups is 2. The maximum absolute atomic E-state index is 9.93. The Bertz CT molecular complexity index is 207. The molecular formula is C12H24N2O2. The fourth-order valence-corrected chi connectivity index (χ4v) is 3.14. The first-order valence-electron chi connectivity index (χ1n) is 6.58. The molecule has 0 unspecified atom stereocenters. The Morgan fingerprint density at radius 3 is 2.44 bits per heavy atom. The number of nitrogens with zero attached hydrogens (tertiary/aromatic N) is 1. The third-order valence-corrected chi connectivity index (χ3v) is 3.98. The number of hydrogen-bond acceptors (Lipinski definition) is 4. The molecule has 2 atom stereocenters. The van der Waals surface area contributed by atoms with Crippen LogP contribution >= 0.6 is 0 Å². The highest BCUT2D eigenvalue weighted by Gasteiger charge is 2.34. The molecule has 0 radical (unpaired) electrons. The Balaban J connectivity index is 1.97. The van der Waals surface area contributed by atoms with Crippen LogP contribution in [0.3, 0.4) is 0 Å². The van der Waals surface area contributed by atoms with Crippen molar-refractivity contribution >= 4 is 0 Å². The van der Waals surface area contributed by atoms with Crippen molar-refractivity contribution < 1.29 is 10.2 Å². The van der Waals surface area contributed by atoms with E-state index in [1.54, 1.807) is 0 Å². The maximum Gasteiger partial charge on any atom is 0.0831 e. The summed E-state index contributed by atoms with van der Waals surface area (Å²) in [4.78, 5) is 2.34. The average molecular weight is 228 g/mol. The van der Waals surface area contributed by atoms with Crippen molar-refractivity contribution in [3.8, 4) is 0 Å². The zero-order valence-electron chi connectivity index (χ0n) is 9.94. The van der Waals surface area contributed by atoms with E-state index in [9.17, 15) is 10.2 Å². The Morgan fingerprint density at radius 1 is 1.12 bits per heavy atom. The summed E-state index contributed by atoms with van der Waals surface area (Å²) in [5, 5.41) is 22.3. The minimum atomic E-state index is -0.270. The molecule has 0 aromatic rings. The maximum atomic E-state index is 9.93. The van der Waals surface area contributed by atoms with Crippen LogP contribution in [-0.4, -0.2) is 59.5 Å². The lowest BCUT2D eigenvalue weighted by molar-refractivity contribution is 0.0294. The van der Waals surface area contributed by atoms with Crippen molar-refractivity contribution in [1.82, 2.24) is 10.2 Å². The number of rotatable bonds is 4. The van der Waals surface area contributed by atoms with Gasteiger partial charge in [0.1, 0.15) is 0 Å². The Labute approximate surface area is 97.6 Å². The summed E-state index contributed by atoms with van der Waals surface area (Å²) >= 11 is 0. The van der Waals surface area contributed by atoms with Crippen LogP contribution < -0.4 is 5.32 Å². The van der Waals surface area contributed by atoms with Crippen molar-refractivity contribution in [2.75, 3.05) is 26.2 Å². The van der Waals surface area contributed by atoms with Crippen LogP contribution in [0.1, 0.15) is 32.1 Å². The fraction of sp³-hybridized carbons (Fsp3) is 1.00. The van der Waals surface area contributed by atoms with Gasteiger partial charge in [0.2, 0.25) is 0 Å². The van der Waals surface area contributed by atoms with Crippen LogP contribution in [0.2, 0.25) is 0 Å². The fourth-order valence-electron chi connectivity index (χ4n) is 3.14. The molecule has 2 rings (SSSR count). The number of aliphatic hydroxyl groups excluding tert-OH is 2. The van der Waals surface area contributed by atoms with E-state index in [2.05, 4.69) is 10.2 Å². The molecule has 0 aromatic carbocycles. The smallest absolute Gasteiger partial charge is 0.0831 e. The van der Waals surface area contributed by atoms with Gasteiger partial charge in [-0.15, -0.1) is 0 Å². The molecule has 2 fully saturated rings. The highest BCUT2D eigenvalue weighted by Crippen LogP contribution is 2.25. The van der Waals surface area contributed by atoms with Gasteiger partial charge in [0, 0.05) is 31.7 Å². The van der Waals surface area contributed by atoms with E-state index >= 15 is 0 Å². The van der Waals surface area contributed by atoms with Crippen LogP contribution in [-0.2, 0) is 0 Å². The third kappa shape index (κ3) is 2.74. The first-order chi connectivity index (χ1) is 7.83. The van der Waals surface area contributed by atoms with Crippen LogP contribution in [0.5, 0.6) is 0 Å². The van der Waals surface area contributed by atoms with Gasteiger partial charge >= 0.3 is 0 Å². The topological polar surface area (TPSA) is 55.7 Å². The second-order valence-corrected chi connectivity index (χ2v) is 5.05. The number of β-amino-alcohol motifs (C(OH)–C–C–N with tert-alkyl or cyclic N) is 1. The van der Waals surface area contributed by atoms with E-state index in [-0.39, 0.29) is 18.8 Å². The summed E-state index contributed by atoms with van der Waals surface area (Å²) in [6.07, 6.45) is 6.11. The molecule has 94 valence electrons. The quantitative estimate of drug-likeness (QED) is 0.631. The van der Waals surface area contributed by atoms with Gasteiger partial charge in [-0.3, -0.25) is 4.90 Å². The molecule has 4 heteroatoms. The minimum Gasteiger partial charge on any atom is -0.395 e. The van der Waals surface area contributed by atoms with E-state index in [1.807, 2.05) is 0 Å². The zero-order valence-corrected chi connectivity index (χ0v) is 9.94. The third-order valence-electron chi connectivity index (χ3n) is 3.98. The second-order valence-electron chi connectivity index (χ2n) is 5.05. The molecule has 0 amide bonds. The predicted octanol–water partition coefficient (Wildman–Crippen LogP) is -0.0539.